The van der Waals surface area contributed by atoms with Gasteiger partial charge in [-0.15, -0.1) is 0 Å². The standard InChI is InChI=1S/C13H22N2O4S/c1-4-10-11(16)14-13(2,3)12(17)15(10)9-6-5-7-20(18,19)8-9/h9-10H,4-8H2,1-3H3,(H,14,16). The minimum Gasteiger partial charge on any atom is -0.340 e. The summed E-state index contributed by atoms with van der Waals surface area (Å²) in [5, 5.41) is 2.72. The molecule has 7 heteroatoms. The van der Waals surface area contributed by atoms with Crippen LogP contribution in [0.1, 0.15) is 40.0 Å². The van der Waals surface area contributed by atoms with Gasteiger partial charge in [-0.3, -0.25) is 9.59 Å². The van der Waals surface area contributed by atoms with E-state index in [2.05, 4.69) is 5.32 Å². The van der Waals surface area contributed by atoms with Crippen molar-refractivity contribution in [3.05, 3.63) is 0 Å². The van der Waals surface area contributed by atoms with Gasteiger partial charge in [-0.2, -0.15) is 0 Å². The van der Waals surface area contributed by atoms with Crippen molar-refractivity contribution in [3.63, 3.8) is 0 Å². The summed E-state index contributed by atoms with van der Waals surface area (Å²) in [6.07, 6.45) is 1.68. The summed E-state index contributed by atoms with van der Waals surface area (Å²) in [5.41, 5.74) is -0.968. The fourth-order valence-electron chi connectivity index (χ4n) is 3.06. The van der Waals surface area contributed by atoms with E-state index in [1.807, 2.05) is 6.92 Å². The molecule has 0 bridgehead atoms. The number of nitrogens with zero attached hydrogens (tertiary/aromatic N) is 1. The third kappa shape index (κ3) is 2.68. The zero-order valence-electron chi connectivity index (χ0n) is 12.2. The van der Waals surface area contributed by atoms with Gasteiger partial charge in [-0.05, 0) is 33.1 Å². The highest BCUT2D eigenvalue weighted by molar-refractivity contribution is 7.91. The molecule has 2 rings (SSSR count). The van der Waals surface area contributed by atoms with E-state index in [0.29, 0.717) is 19.3 Å². The highest BCUT2D eigenvalue weighted by atomic mass is 32.2. The van der Waals surface area contributed by atoms with Gasteiger partial charge in [-0.25, -0.2) is 8.42 Å². The van der Waals surface area contributed by atoms with Crippen LogP contribution in [0.25, 0.3) is 0 Å². The maximum Gasteiger partial charge on any atom is 0.248 e. The number of carbonyl (C=O) groups excluding carboxylic acids is 2. The molecule has 6 nitrogen and oxygen atoms in total. The van der Waals surface area contributed by atoms with Gasteiger partial charge in [0.05, 0.1) is 11.5 Å². The average molecular weight is 302 g/mol. The Bertz CT molecular complexity index is 526. The molecule has 2 saturated heterocycles. The molecule has 2 atom stereocenters. The molecule has 0 spiro atoms. The minimum atomic E-state index is -3.12. The fourth-order valence-corrected chi connectivity index (χ4v) is 4.74. The zero-order chi connectivity index (χ0) is 15.1. The number of piperazine rings is 1. The van der Waals surface area contributed by atoms with Crippen LogP contribution in [-0.4, -0.2) is 54.3 Å². The summed E-state index contributed by atoms with van der Waals surface area (Å²) in [6.45, 7) is 5.15. The van der Waals surface area contributed by atoms with Crippen molar-refractivity contribution in [1.82, 2.24) is 10.2 Å². The van der Waals surface area contributed by atoms with Gasteiger partial charge in [0.2, 0.25) is 11.8 Å². The van der Waals surface area contributed by atoms with Crippen LogP contribution in [0, 0.1) is 0 Å². The van der Waals surface area contributed by atoms with Crippen molar-refractivity contribution < 1.29 is 18.0 Å². The lowest BCUT2D eigenvalue weighted by Gasteiger charge is -2.47. The first-order valence-corrected chi connectivity index (χ1v) is 8.85. The monoisotopic (exact) mass is 302 g/mol. The van der Waals surface area contributed by atoms with Gasteiger partial charge in [-0.1, -0.05) is 6.92 Å². The van der Waals surface area contributed by atoms with Crippen molar-refractivity contribution in [1.29, 1.82) is 0 Å². The smallest absolute Gasteiger partial charge is 0.248 e. The number of carbonyl (C=O) groups is 2. The summed E-state index contributed by atoms with van der Waals surface area (Å²) in [4.78, 5) is 26.3. The molecule has 2 aliphatic rings. The summed E-state index contributed by atoms with van der Waals surface area (Å²) in [7, 11) is -3.12. The molecule has 20 heavy (non-hydrogen) atoms. The molecule has 0 aromatic carbocycles. The van der Waals surface area contributed by atoms with E-state index >= 15 is 0 Å². The lowest BCUT2D eigenvalue weighted by molar-refractivity contribution is -0.156. The molecule has 2 amide bonds. The summed E-state index contributed by atoms with van der Waals surface area (Å²) in [5.74, 6) is -0.234. The van der Waals surface area contributed by atoms with Crippen molar-refractivity contribution in [2.45, 2.75) is 57.7 Å². The third-order valence-electron chi connectivity index (χ3n) is 4.06. The van der Waals surface area contributed by atoms with Gasteiger partial charge < -0.3 is 10.2 Å². The van der Waals surface area contributed by atoms with E-state index in [1.54, 1.807) is 13.8 Å². The summed E-state index contributed by atoms with van der Waals surface area (Å²) in [6, 6.07) is -0.939. The SMILES string of the molecule is CCC1C(=O)NC(C)(C)C(=O)N1C1CCCS(=O)(=O)C1. The van der Waals surface area contributed by atoms with Gasteiger partial charge in [0, 0.05) is 6.04 Å². The maximum absolute atomic E-state index is 12.6. The Balaban J connectivity index is 2.34. The molecule has 2 unspecified atom stereocenters. The first-order chi connectivity index (χ1) is 9.18. The molecular formula is C13H22N2O4S. The predicted molar refractivity (Wildman–Crippen MR) is 74.8 cm³/mol. The quantitative estimate of drug-likeness (QED) is 0.783. The number of amides is 2. The van der Waals surface area contributed by atoms with E-state index in [0.717, 1.165) is 0 Å². The predicted octanol–water partition coefficient (Wildman–Crippen LogP) is 0.0792. The Morgan fingerprint density at radius 2 is 2.00 bits per heavy atom. The van der Waals surface area contributed by atoms with Crippen molar-refractivity contribution >= 4 is 21.7 Å². The first kappa shape index (κ1) is 15.3. The number of rotatable bonds is 2. The van der Waals surface area contributed by atoms with E-state index in [9.17, 15) is 18.0 Å². The molecule has 1 N–H and O–H groups in total. The molecule has 0 aromatic rings. The Kier molecular flexibility index (Phi) is 3.83. The van der Waals surface area contributed by atoms with Crippen LogP contribution >= 0.6 is 0 Å². The molecular weight excluding hydrogens is 280 g/mol. The Labute approximate surface area is 119 Å². The van der Waals surface area contributed by atoms with Gasteiger partial charge in [0.1, 0.15) is 11.6 Å². The largest absolute Gasteiger partial charge is 0.340 e. The van der Waals surface area contributed by atoms with Crippen LogP contribution in [0.5, 0.6) is 0 Å². The molecule has 0 aliphatic carbocycles. The topological polar surface area (TPSA) is 83.6 Å². The van der Waals surface area contributed by atoms with Gasteiger partial charge in [0.15, 0.2) is 9.84 Å². The maximum atomic E-state index is 12.6. The summed E-state index contributed by atoms with van der Waals surface area (Å²) >= 11 is 0. The molecule has 114 valence electrons. The normalized spacial score (nSPS) is 32.9. The Morgan fingerprint density at radius 3 is 2.55 bits per heavy atom. The van der Waals surface area contributed by atoms with E-state index in [1.165, 1.54) is 4.90 Å². The highest BCUT2D eigenvalue weighted by Gasteiger charge is 2.48. The van der Waals surface area contributed by atoms with Crippen molar-refractivity contribution in [2.75, 3.05) is 11.5 Å². The molecule has 0 aromatic heterocycles. The number of hydrogen-bond donors (Lipinski definition) is 1. The second kappa shape index (κ2) is 5.02. The molecule has 2 fully saturated rings. The Morgan fingerprint density at radius 1 is 1.35 bits per heavy atom. The summed E-state index contributed by atoms with van der Waals surface area (Å²) < 4.78 is 23.6. The fraction of sp³-hybridized carbons (Fsp3) is 0.846. The number of sulfone groups is 1. The van der Waals surface area contributed by atoms with Crippen molar-refractivity contribution in [2.24, 2.45) is 0 Å². The van der Waals surface area contributed by atoms with Crippen LogP contribution in [0.15, 0.2) is 0 Å². The average Bonchev–Trinajstić information content (AvgIpc) is 2.31. The van der Waals surface area contributed by atoms with E-state index in [-0.39, 0.29) is 29.4 Å². The van der Waals surface area contributed by atoms with Crippen LogP contribution in [-0.2, 0) is 19.4 Å². The number of nitrogens with one attached hydrogen (secondary N) is 1. The third-order valence-corrected chi connectivity index (χ3v) is 5.87. The zero-order valence-corrected chi connectivity index (χ0v) is 13.0. The van der Waals surface area contributed by atoms with Crippen molar-refractivity contribution in [3.8, 4) is 0 Å². The highest BCUT2D eigenvalue weighted by Crippen LogP contribution is 2.27. The van der Waals surface area contributed by atoms with Gasteiger partial charge >= 0.3 is 0 Å². The molecule has 2 heterocycles. The van der Waals surface area contributed by atoms with E-state index < -0.39 is 21.4 Å². The minimum absolute atomic E-state index is 0.0292. The Hall–Kier alpha value is -1.11. The first-order valence-electron chi connectivity index (χ1n) is 7.03. The van der Waals surface area contributed by atoms with Crippen LogP contribution in [0.2, 0.25) is 0 Å². The second-order valence-electron chi connectivity index (χ2n) is 6.16. The lowest BCUT2D eigenvalue weighted by Crippen LogP contribution is -2.70. The van der Waals surface area contributed by atoms with Crippen LogP contribution < -0.4 is 5.32 Å². The van der Waals surface area contributed by atoms with E-state index in [4.69, 9.17) is 0 Å². The molecule has 0 saturated carbocycles. The lowest BCUT2D eigenvalue weighted by atomic mass is 9.93. The van der Waals surface area contributed by atoms with Crippen LogP contribution in [0.3, 0.4) is 0 Å². The van der Waals surface area contributed by atoms with Gasteiger partial charge in [0.25, 0.3) is 0 Å². The molecule has 0 radical (unpaired) electrons. The second-order valence-corrected chi connectivity index (χ2v) is 8.39. The van der Waals surface area contributed by atoms with Crippen LogP contribution in [0.4, 0.5) is 0 Å². The number of hydrogen-bond acceptors (Lipinski definition) is 4. The molecule has 2 aliphatic heterocycles.